The topological polar surface area (TPSA) is 13.0 Å². The third kappa shape index (κ3) is 8.95. The lowest BCUT2D eigenvalue weighted by Crippen LogP contribution is -2.18. The normalized spacial score (nSPS) is 11.7. The van der Waals surface area contributed by atoms with Crippen LogP contribution in [0.25, 0.3) is 75.4 Å². The van der Waals surface area contributed by atoms with Crippen LogP contribution in [0.1, 0.15) is 44.5 Å². The van der Waals surface area contributed by atoms with E-state index in [1.807, 2.05) is 0 Å². The van der Waals surface area contributed by atoms with Crippen molar-refractivity contribution in [2.75, 3.05) is 19.6 Å². The van der Waals surface area contributed by atoms with Crippen molar-refractivity contribution in [1.29, 1.82) is 0 Å². The van der Waals surface area contributed by atoms with Crippen molar-refractivity contribution in [3.05, 3.63) is 324 Å². The van der Waals surface area contributed by atoms with Gasteiger partial charge in [0.15, 0.2) is 0 Å². The lowest BCUT2D eigenvalue weighted by Gasteiger charge is -2.36. The number of aryl methyl sites for hydroxylation is 8. The summed E-state index contributed by atoms with van der Waals surface area (Å²) in [5.41, 5.74) is 23.0. The summed E-state index contributed by atoms with van der Waals surface area (Å²) in [5, 5.41) is 16.8. The Morgan fingerprint density at radius 3 is 0.598 bits per heavy atom. The zero-order valence-corrected chi connectivity index (χ0v) is 53.3. The van der Waals surface area contributed by atoms with Gasteiger partial charge in [0.1, 0.15) is 0 Å². The largest absolute Gasteiger partial charge is 0.309 e. The van der Waals surface area contributed by atoms with Gasteiger partial charge in [-0.05, 0) is 228 Å². The monoisotopic (exact) mass is 1180 g/mol. The summed E-state index contributed by atoms with van der Waals surface area (Å²) < 4.78 is 0. The maximum Gasteiger partial charge on any atom is 0.0561 e. The standard InChI is InChI=1S/C88H70N4/c1-55-49-63-29-21-25-41-71(63)59(5)85(55)89(67-33-13-9-14-34-67)79-53-80(90(68-35-15-10-16-36-68)86-56(2)50-64-30-22-26-42-72(64)60(86)6)76-47-48-78-82(92(70-39-19-12-20-40-70)88-58(4)52-66-32-24-28-44-74(66)62(88)8)54-81(77-46-45-75(79)83(76)84(77)78)91(69-37-17-11-18-38-69)87-57(3)51-65-31-23-27-43-73(65)61(87)7/h9-54H,1-8H3. The first-order chi connectivity index (χ1) is 45.0. The number of anilines is 12. The van der Waals surface area contributed by atoms with Gasteiger partial charge in [0.05, 0.1) is 45.5 Å². The highest BCUT2D eigenvalue weighted by Crippen LogP contribution is 2.57. The van der Waals surface area contributed by atoms with Crippen molar-refractivity contribution in [2.24, 2.45) is 0 Å². The van der Waals surface area contributed by atoms with Gasteiger partial charge in [0, 0.05) is 55.1 Å². The zero-order chi connectivity index (χ0) is 62.5. The minimum Gasteiger partial charge on any atom is -0.309 e. The van der Waals surface area contributed by atoms with Gasteiger partial charge in [-0.2, -0.15) is 0 Å². The van der Waals surface area contributed by atoms with Crippen molar-refractivity contribution in [1.82, 2.24) is 0 Å². The first-order valence-electron chi connectivity index (χ1n) is 32.2. The zero-order valence-electron chi connectivity index (χ0n) is 53.3. The second-order valence-corrected chi connectivity index (χ2v) is 25.1. The van der Waals surface area contributed by atoms with Crippen LogP contribution in [0.4, 0.5) is 68.2 Å². The first kappa shape index (κ1) is 56.1. The summed E-state index contributed by atoms with van der Waals surface area (Å²) in [6, 6.07) is 104. The molecule has 442 valence electrons. The molecule has 16 rings (SSSR count). The molecule has 0 aliphatic rings. The summed E-state index contributed by atoms with van der Waals surface area (Å²) in [4.78, 5) is 10.3. The van der Waals surface area contributed by atoms with Gasteiger partial charge < -0.3 is 19.6 Å². The van der Waals surface area contributed by atoms with E-state index < -0.39 is 0 Å². The predicted octanol–water partition coefficient (Wildman–Crippen LogP) is 25.5. The van der Waals surface area contributed by atoms with Crippen LogP contribution >= 0.6 is 0 Å². The van der Waals surface area contributed by atoms with Gasteiger partial charge in [0.25, 0.3) is 0 Å². The Morgan fingerprint density at radius 1 is 0.185 bits per heavy atom. The third-order valence-corrected chi connectivity index (χ3v) is 19.6. The highest BCUT2D eigenvalue weighted by atomic mass is 15.2. The Morgan fingerprint density at radius 2 is 0.380 bits per heavy atom. The maximum atomic E-state index is 2.58. The van der Waals surface area contributed by atoms with Crippen LogP contribution < -0.4 is 19.6 Å². The van der Waals surface area contributed by atoms with Gasteiger partial charge in [-0.15, -0.1) is 0 Å². The molecule has 0 spiro atoms. The number of rotatable bonds is 12. The Kier molecular flexibility index (Phi) is 13.6. The molecule has 4 heteroatoms. The molecular formula is C88H70N4. The van der Waals surface area contributed by atoms with Crippen molar-refractivity contribution < 1.29 is 0 Å². The maximum absolute atomic E-state index is 2.58. The van der Waals surface area contributed by atoms with E-state index in [1.54, 1.807) is 0 Å². The number of hydrogen-bond acceptors (Lipinski definition) is 4. The quantitative estimate of drug-likeness (QED) is 0.113. The average molecular weight is 1180 g/mol. The predicted molar refractivity (Wildman–Crippen MR) is 397 cm³/mol. The molecule has 92 heavy (non-hydrogen) atoms. The van der Waals surface area contributed by atoms with E-state index in [1.165, 1.54) is 98.4 Å². The first-order valence-corrected chi connectivity index (χ1v) is 32.2. The average Bonchev–Trinajstić information content (AvgIpc) is 0.699. The molecule has 4 nitrogen and oxygen atoms in total. The fraction of sp³-hybridized carbons (Fsp3) is 0.0909. The van der Waals surface area contributed by atoms with Crippen LogP contribution in [0.2, 0.25) is 0 Å². The van der Waals surface area contributed by atoms with E-state index >= 15 is 0 Å². The number of fused-ring (bicyclic) bond motifs is 4. The lowest BCUT2D eigenvalue weighted by atomic mass is 9.88. The molecule has 0 aliphatic heterocycles. The number of hydrogen-bond donors (Lipinski definition) is 0. The van der Waals surface area contributed by atoms with E-state index in [-0.39, 0.29) is 0 Å². The van der Waals surface area contributed by atoms with E-state index in [0.717, 1.165) is 89.8 Å². The summed E-state index contributed by atoms with van der Waals surface area (Å²) >= 11 is 0. The summed E-state index contributed by atoms with van der Waals surface area (Å²) in [6.07, 6.45) is 0. The van der Waals surface area contributed by atoms with Crippen molar-refractivity contribution in [3.8, 4) is 0 Å². The van der Waals surface area contributed by atoms with E-state index in [9.17, 15) is 0 Å². The molecule has 0 aliphatic carbocycles. The van der Waals surface area contributed by atoms with Gasteiger partial charge in [0.2, 0.25) is 0 Å². The summed E-state index contributed by atoms with van der Waals surface area (Å²) in [7, 11) is 0. The van der Waals surface area contributed by atoms with E-state index in [2.05, 4.69) is 354 Å². The highest BCUT2D eigenvalue weighted by molar-refractivity contribution is 6.33. The fourth-order valence-corrected chi connectivity index (χ4v) is 15.7. The molecule has 16 aromatic rings. The highest BCUT2D eigenvalue weighted by Gasteiger charge is 2.32. The molecule has 0 saturated heterocycles. The van der Waals surface area contributed by atoms with Crippen LogP contribution in [0, 0.1) is 55.4 Å². The summed E-state index contributed by atoms with van der Waals surface area (Å²) in [6.45, 7) is 18.4. The Bertz CT molecular complexity index is 4880. The third-order valence-electron chi connectivity index (χ3n) is 19.6. The minimum atomic E-state index is 1.08. The van der Waals surface area contributed by atoms with Gasteiger partial charge >= 0.3 is 0 Å². The molecule has 0 atom stereocenters. The van der Waals surface area contributed by atoms with Gasteiger partial charge in [-0.3, -0.25) is 0 Å². The second kappa shape index (κ2) is 22.4. The second-order valence-electron chi connectivity index (χ2n) is 25.1. The molecule has 0 N–H and O–H groups in total. The van der Waals surface area contributed by atoms with Crippen molar-refractivity contribution in [3.63, 3.8) is 0 Å². The van der Waals surface area contributed by atoms with Gasteiger partial charge in [-0.1, -0.05) is 194 Å². The number of nitrogens with zero attached hydrogens (tertiary/aromatic N) is 4. The minimum absolute atomic E-state index is 1.08. The van der Waals surface area contributed by atoms with Crippen LogP contribution in [-0.2, 0) is 0 Å². The summed E-state index contributed by atoms with van der Waals surface area (Å²) in [5.74, 6) is 0. The Balaban J connectivity index is 1.14. The number of para-hydroxylation sites is 4. The molecule has 0 bridgehead atoms. The van der Waals surface area contributed by atoms with Crippen LogP contribution in [0.15, 0.2) is 279 Å². The number of benzene rings is 16. The molecule has 16 aromatic carbocycles. The molecule has 0 radical (unpaired) electrons. The van der Waals surface area contributed by atoms with Crippen molar-refractivity contribution in [2.45, 2.75) is 55.4 Å². The SMILES string of the molecule is Cc1cc2ccccc2c(C)c1N(c1ccccc1)c1cc(N(c2ccccc2)c2c(C)cc3ccccc3c2C)c2ccc3c(N(c4ccccc4)c4c(C)cc5ccccc5c4C)cc(N(c4ccccc4)c4c(C)cc5ccccc5c4C)c4ccc1c2c43. The molecule has 0 fully saturated rings. The Labute approximate surface area is 539 Å². The molecule has 0 amide bonds. The molecular weight excluding hydrogens is 1110 g/mol. The fourth-order valence-electron chi connectivity index (χ4n) is 15.7. The molecule has 0 saturated carbocycles. The lowest BCUT2D eigenvalue weighted by molar-refractivity contribution is 1.22. The van der Waals surface area contributed by atoms with Crippen LogP contribution in [-0.4, -0.2) is 0 Å². The molecule has 0 unspecified atom stereocenters. The van der Waals surface area contributed by atoms with Crippen LogP contribution in [0.5, 0.6) is 0 Å². The Hall–Kier alpha value is -11.2. The van der Waals surface area contributed by atoms with Crippen LogP contribution in [0.3, 0.4) is 0 Å². The molecule has 0 aromatic heterocycles. The van der Waals surface area contributed by atoms with Crippen molar-refractivity contribution >= 4 is 144 Å². The van der Waals surface area contributed by atoms with Gasteiger partial charge in [-0.25, -0.2) is 0 Å². The molecule has 0 heterocycles. The smallest absolute Gasteiger partial charge is 0.0561 e. The van der Waals surface area contributed by atoms with E-state index in [4.69, 9.17) is 0 Å². The van der Waals surface area contributed by atoms with E-state index in [0.29, 0.717) is 0 Å².